The van der Waals surface area contributed by atoms with E-state index < -0.39 is 9.84 Å². The number of aryl methyl sites for hydroxylation is 2. The lowest BCUT2D eigenvalue weighted by Crippen LogP contribution is -2.07. The van der Waals surface area contributed by atoms with Crippen LogP contribution in [0.25, 0.3) is 0 Å². The smallest absolute Gasteiger partial charge is 0.148 e. The molecule has 0 radical (unpaired) electrons. The Morgan fingerprint density at radius 3 is 2.65 bits per heavy atom. The van der Waals surface area contributed by atoms with Gasteiger partial charge in [0.1, 0.15) is 9.84 Å². The molecule has 1 heterocycles. The van der Waals surface area contributed by atoms with E-state index in [1.807, 2.05) is 14.0 Å². The second-order valence-corrected chi connectivity index (χ2v) is 7.35. The summed E-state index contributed by atoms with van der Waals surface area (Å²) in [6.45, 7) is 2.53. The fraction of sp³-hybridized carbons (Fsp3) is 0.700. The van der Waals surface area contributed by atoms with Crippen molar-refractivity contribution >= 4 is 21.6 Å². The summed E-state index contributed by atoms with van der Waals surface area (Å²) in [6, 6.07) is 0. The van der Waals surface area contributed by atoms with Crippen molar-refractivity contribution < 1.29 is 8.42 Å². The summed E-state index contributed by atoms with van der Waals surface area (Å²) < 4.78 is 23.9. The minimum Gasteiger partial charge on any atom is -0.330 e. The number of nitrogens with two attached hydrogens (primary N) is 1. The summed E-state index contributed by atoms with van der Waals surface area (Å²) in [4.78, 5) is 0. The molecule has 0 aliphatic heterocycles. The zero-order chi connectivity index (χ0) is 13.1. The monoisotopic (exact) mass is 277 g/mol. The number of sulfone groups is 1. The maximum atomic E-state index is 11.1. The summed E-state index contributed by atoms with van der Waals surface area (Å²) in [6.07, 6.45) is 2.03. The average molecular weight is 277 g/mol. The van der Waals surface area contributed by atoms with Crippen molar-refractivity contribution in [3.63, 3.8) is 0 Å². The largest absolute Gasteiger partial charge is 0.330 e. The molecule has 7 heteroatoms. The van der Waals surface area contributed by atoms with E-state index >= 15 is 0 Å². The summed E-state index contributed by atoms with van der Waals surface area (Å²) in [5.41, 5.74) is 7.67. The molecule has 0 amide bonds. The van der Waals surface area contributed by atoms with Gasteiger partial charge in [-0.05, 0) is 19.9 Å². The number of hydrogen-bond acceptors (Lipinski definition) is 5. The Hall–Kier alpha value is -0.530. The first kappa shape index (κ1) is 14.5. The number of aromatic nitrogens is 2. The lowest BCUT2D eigenvalue weighted by atomic mass is 10.2. The Bertz CT molecular complexity index is 480. The molecule has 0 atom stereocenters. The first-order chi connectivity index (χ1) is 7.85. The SMILES string of the molecule is Cc1nn(C)c(SCCS(C)(=O)=O)c1CCN. The van der Waals surface area contributed by atoms with E-state index in [1.54, 1.807) is 4.68 Å². The Balaban J connectivity index is 2.76. The van der Waals surface area contributed by atoms with Gasteiger partial charge in [0.15, 0.2) is 0 Å². The standard InChI is InChI=1S/C10H19N3O2S2/c1-8-9(4-5-11)10(13(2)12-8)16-6-7-17(3,14)15/h4-7,11H2,1-3H3. The number of hydrogen-bond donors (Lipinski definition) is 1. The van der Waals surface area contributed by atoms with Gasteiger partial charge in [-0.2, -0.15) is 5.10 Å². The van der Waals surface area contributed by atoms with E-state index in [0.717, 1.165) is 22.7 Å². The maximum absolute atomic E-state index is 11.1. The number of thioether (sulfide) groups is 1. The molecule has 2 N–H and O–H groups in total. The highest BCUT2D eigenvalue weighted by Gasteiger charge is 2.13. The summed E-state index contributed by atoms with van der Waals surface area (Å²) >= 11 is 1.53. The van der Waals surface area contributed by atoms with Crippen LogP contribution in [-0.4, -0.2) is 42.5 Å². The van der Waals surface area contributed by atoms with Crippen LogP contribution in [0.3, 0.4) is 0 Å². The van der Waals surface area contributed by atoms with Crippen LogP contribution in [0.2, 0.25) is 0 Å². The van der Waals surface area contributed by atoms with Crippen LogP contribution >= 0.6 is 11.8 Å². The van der Waals surface area contributed by atoms with Gasteiger partial charge in [0.25, 0.3) is 0 Å². The van der Waals surface area contributed by atoms with Crippen LogP contribution < -0.4 is 5.73 Å². The van der Waals surface area contributed by atoms with Gasteiger partial charge in [-0.15, -0.1) is 11.8 Å². The highest BCUT2D eigenvalue weighted by Crippen LogP contribution is 2.25. The van der Waals surface area contributed by atoms with Crippen molar-refractivity contribution in [3.05, 3.63) is 11.3 Å². The molecule has 0 spiro atoms. The Morgan fingerprint density at radius 2 is 2.12 bits per heavy atom. The average Bonchev–Trinajstić information content (AvgIpc) is 2.43. The molecule has 1 aromatic rings. The third-order valence-corrected chi connectivity index (χ3v) is 4.77. The van der Waals surface area contributed by atoms with Gasteiger partial charge in [-0.25, -0.2) is 8.42 Å². The summed E-state index contributed by atoms with van der Waals surface area (Å²) in [5, 5.41) is 5.36. The van der Waals surface area contributed by atoms with Crippen molar-refractivity contribution in [3.8, 4) is 0 Å². The van der Waals surface area contributed by atoms with Crippen LogP contribution in [0.4, 0.5) is 0 Å². The molecule has 0 saturated heterocycles. The fourth-order valence-corrected chi connectivity index (χ4v) is 3.97. The molecule has 1 aromatic heterocycles. The molecular weight excluding hydrogens is 258 g/mol. The predicted molar refractivity (Wildman–Crippen MR) is 71.1 cm³/mol. The lowest BCUT2D eigenvalue weighted by molar-refractivity contribution is 0.603. The molecule has 0 fully saturated rings. The minimum atomic E-state index is -2.90. The van der Waals surface area contributed by atoms with E-state index in [4.69, 9.17) is 5.73 Å². The van der Waals surface area contributed by atoms with E-state index in [9.17, 15) is 8.42 Å². The molecule has 0 bridgehead atoms. The van der Waals surface area contributed by atoms with E-state index in [-0.39, 0.29) is 5.75 Å². The fourth-order valence-electron chi connectivity index (χ4n) is 1.58. The van der Waals surface area contributed by atoms with Crippen LogP contribution in [0.5, 0.6) is 0 Å². The maximum Gasteiger partial charge on any atom is 0.148 e. The van der Waals surface area contributed by atoms with Crippen LogP contribution in [0, 0.1) is 6.92 Å². The molecule has 1 rings (SSSR count). The van der Waals surface area contributed by atoms with Crippen LogP contribution in [0.15, 0.2) is 5.03 Å². The van der Waals surface area contributed by atoms with E-state index in [0.29, 0.717) is 12.3 Å². The first-order valence-corrected chi connectivity index (χ1v) is 8.43. The normalized spacial score (nSPS) is 12.0. The molecule has 0 unspecified atom stereocenters. The molecular formula is C10H19N3O2S2. The van der Waals surface area contributed by atoms with Gasteiger partial charge in [0, 0.05) is 24.6 Å². The molecule has 0 aliphatic rings. The third-order valence-electron chi connectivity index (χ3n) is 2.38. The Morgan fingerprint density at radius 1 is 1.47 bits per heavy atom. The molecule has 0 aliphatic carbocycles. The summed E-state index contributed by atoms with van der Waals surface area (Å²) in [7, 11) is -1.03. The van der Waals surface area contributed by atoms with Crippen molar-refractivity contribution in [1.29, 1.82) is 0 Å². The van der Waals surface area contributed by atoms with Gasteiger partial charge >= 0.3 is 0 Å². The van der Waals surface area contributed by atoms with Gasteiger partial charge < -0.3 is 5.73 Å². The lowest BCUT2D eigenvalue weighted by Gasteiger charge is -2.05. The van der Waals surface area contributed by atoms with Crippen molar-refractivity contribution in [1.82, 2.24) is 9.78 Å². The van der Waals surface area contributed by atoms with Crippen molar-refractivity contribution in [2.24, 2.45) is 12.8 Å². The van der Waals surface area contributed by atoms with Gasteiger partial charge in [-0.3, -0.25) is 4.68 Å². The first-order valence-electron chi connectivity index (χ1n) is 5.38. The van der Waals surface area contributed by atoms with Crippen LogP contribution in [0.1, 0.15) is 11.3 Å². The van der Waals surface area contributed by atoms with Crippen molar-refractivity contribution in [2.45, 2.75) is 18.4 Å². The number of nitrogens with zero attached hydrogens (tertiary/aromatic N) is 2. The molecule has 98 valence electrons. The van der Waals surface area contributed by atoms with E-state index in [1.165, 1.54) is 18.0 Å². The topological polar surface area (TPSA) is 78.0 Å². The number of rotatable bonds is 6. The van der Waals surface area contributed by atoms with Gasteiger partial charge in [-0.1, -0.05) is 0 Å². The third kappa shape index (κ3) is 4.33. The molecule has 0 saturated carbocycles. The second kappa shape index (κ2) is 5.88. The quantitative estimate of drug-likeness (QED) is 0.760. The molecule has 17 heavy (non-hydrogen) atoms. The van der Waals surface area contributed by atoms with Gasteiger partial charge in [0.2, 0.25) is 0 Å². The summed E-state index contributed by atoms with van der Waals surface area (Å²) in [5.74, 6) is 0.735. The predicted octanol–water partition coefficient (Wildman–Crippen LogP) is 0.366. The molecule has 0 aromatic carbocycles. The molecule has 5 nitrogen and oxygen atoms in total. The van der Waals surface area contributed by atoms with Crippen molar-refractivity contribution in [2.75, 3.05) is 24.3 Å². The zero-order valence-corrected chi connectivity index (χ0v) is 12.1. The Kier molecular flexibility index (Phi) is 5.03. The highest BCUT2D eigenvalue weighted by atomic mass is 32.2. The van der Waals surface area contributed by atoms with Gasteiger partial charge in [0.05, 0.1) is 16.5 Å². The highest BCUT2D eigenvalue weighted by molar-refractivity contribution is 8.00. The van der Waals surface area contributed by atoms with E-state index in [2.05, 4.69) is 5.10 Å². The second-order valence-electron chi connectivity index (χ2n) is 4.01. The zero-order valence-electron chi connectivity index (χ0n) is 10.4. The minimum absolute atomic E-state index is 0.184. The Labute approximate surface area is 107 Å². The van der Waals surface area contributed by atoms with Crippen LogP contribution in [-0.2, 0) is 23.3 Å².